The Kier molecular flexibility index (Phi) is 4.79. The van der Waals surface area contributed by atoms with Crippen LogP contribution in [-0.2, 0) is 0 Å². The minimum atomic E-state index is 0.453. The van der Waals surface area contributed by atoms with Gasteiger partial charge >= 0.3 is 0 Å². The lowest BCUT2D eigenvalue weighted by atomic mass is 10.2. The molecule has 1 aromatic heterocycles. The zero-order valence-corrected chi connectivity index (χ0v) is 10.8. The third-order valence-corrected chi connectivity index (χ3v) is 4.67. The van der Waals surface area contributed by atoms with Crippen molar-refractivity contribution in [3.05, 3.63) is 24.2 Å². The van der Waals surface area contributed by atoms with Gasteiger partial charge in [-0.25, -0.2) is 0 Å². The average molecular weight is 239 g/mol. The molecule has 0 radical (unpaired) electrons. The van der Waals surface area contributed by atoms with Gasteiger partial charge in [0.25, 0.3) is 0 Å². The summed E-state index contributed by atoms with van der Waals surface area (Å²) in [5, 5.41) is 4.42. The molecule has 16 heavy (non-hydrogen) atoms. The molecule has 2 nitrogen and oxygen atoms in total. The Morgan fingerprint density at radius 3 is 2.94 bits per heavy atom. The van der Waals surface area contributed by atoms with E-state index in [1.807, 2.05) is 6.26 Å². The van der Waals surface area contributed by atoms with E-state index in [0.717, 1.165) is 17.5 Å². The fourth-order valence-corrected chi connectivity index (χ4v) is 3.72. The van der Waals surface area contributed by atoms with Crippen LogP contribution in [0.4, 0.5) is 0 Å². The summed E-state index contributed by atoms with van der Waals surface area (Å²) in [5.41, 5.74) is 1.28. The van der Waals surface area contributed by atoms with Crippen LogP contribution < -0.4 is 5.32 Å². The van der Waals surface area contributed by atoms with Crippen LogP contribution in [0.15, 0.2) is 23.0 Å². The molecule has 1 aliphatic rings. The molecule has 1 heterocycles. The van der Waals surface area contributed by atoms with Crippen molar-refractivity contribution < 1.29 is 4.42 Å². The first-order valence-corrected chi connectivity index (χ1v) is 7.32. The van der Waals surface area contributed by atoms with Crippen LogP contribution in [0.3, 0.4) is 0 Å². The molecule has 0 amide bonds. The Labute approximate surface area is 102 Å². The van der Waals surface area contributed by atoms with Crippen molar-refractivity contribution in [1.29, 1.82) is 0 Å². The van der Waals surface area contributed by atoms with Crippen LogP contribution in [0.2, 0.25) is 0 Å². The maximum atomic E-state index is 5.16. The topological polar surface area (TPSA) is 25.2 Å². The third-order valence-electron chi connectivity index (χ3n) is 3.20. The van der Waals surface area contributed by atoms with Gasteiger partial charge in [0.05, 0.1) is 12.5 Å². The Bertz CT molecular complexity index is 280. The number of furan rings is 1. The lowest BCUT2D eigenvalue weighted by Gasteiger charge is -2.18. The second-order valence-corrected chi connectivity index (χ2v) is 5.74. The molecule has 0 bridgehead atoms. The molecule has 1 aromatic rings. The van der Waals surface area contributed by atoms with Crippen molar-refractivity contribution in [2.75, 3.05) is 12.3 Å². The fourth-order valence-electron chi connectivity index (χ4n) is 2.28. The predicted octanol–water partition coefficient (Wildman–Crippen LogP) is 3.61. The Morgan fingerprint density at radius 2 is 2.31 bits per heavy atom. The molecule has 0 spiro atoms. The standard InChI is InChI=1S/C13H21NOS/c1-2-14-13(11-7-8-15-9-11)10-16-12-5-3-4-6-12/h7-9,12-14H,2-6,10H2,1H3. The van der Waals surface area contributed by atoms with Crippen molar-refractivity contribution in [1.82, 2.24) is 5.32 Å². The van der Waals surface area contributed by atoms with E-state index >= 15 is 0 Å². The Morgan fingerprint density at radius 1 is 1.50 bits per heavy atom. The zero-order valence-electron chi connectivity index (χ0n) is 9.95. The first-order valence-electron chi connectivity index (χ1n) is 6.27. The number of nitrogens with one attached hydrogen (secondary N) is 1. The Hall–Kier alpha value is -0.410. The van der Waals surface area contributed by atoms with E-state index < -0.39 is 0 Å². The SMILES string of the molecule is CCNC(CSC1CCCC1)c1ccoc1. The summed E-state index contributed by atoms with van der Waals surface area (Å²) in [6, 6.07) is 2.53. The number of hydrogen-bond acceptors (Lipinski definition) is 3. The molecule has 1 unspecified atom stereocenters. The van der Waals surface area contributed by atoms with Gasteiger partial charge in [0.15, 0.2) is 0 Å². The maximum absolute atomic E-state index is 5.16. The maximum Gasteiger partial charge on any atom is 0.0950 e. The van der Waals surface area contributed by atoms with Gasteiger partial charge in [-0.05, 0) is 25.5 Å². The molecule has 2 rings (SSSR count). The van der Waals surface area contributed by atoms with E-state index in [9.17, 15) is 0 Å². The van der Waals surface area contributed by atoms with Crippen LogP contribution >= 0.6 is 11.8 Å². The van der Waals surface area contributed by atoms with Crippen molar-refractivity contribution in [3.8, 4) is 0 Å². The highest BCUT2D eigenvalue weighted by Gasteiger charge is 2.18. The summed E-state index contributed by atoms with van der Waals surface area (Å²) < 4.78 is 5.16. The van der Waals surface area contributed by atoms with Gasteiger partial charge in [-0.15, -0.1) is 0 Å². The highest BCUT2D eigenvalue weighted by Crippen LogP contribution is 2.32. The third kappa shape index (κ3) is 3.29. The molecule has 0 saturated heterocycles. The van der Waals surface area contributed by atoms with Gasteiger partial charge in [0, 0.05) is 22.6 Å². The number of thioether (sulfide) groups is 1. The molecule has 1 aliphatic carbocycles. The Balaban J connectivity index is 1.82. The highest BCUT2D eigenvalue weighted by molar-refractivity contribution is 7.99. The van der Waals surface area contributed by atoms with Gasteiger partial charge in [-0.1, -0.05) is 19.8 Å². The van der Waals surface area contributed by atoms with Crippen molar-refractivity contribution in [3.63, 3.8) is 0 Å². The van der Waals surface area contributed by atoms with Gasteiger partial charge in [-0.2, -0.15) is 11.8 Å². The fraction of sp³-hybridized carbons (Fsp3) is 0.692. The summed E-state index contributed by atoms with van der Waals surface area (Å²) in [5.74, 6) is 1.16. The van der Waals surface area contributed by atoms with E-state index in [0.29, 0.717) is 6.04 Å². The van der Waals surface area contributed by atoms with E-state index in [1.165, 1.54) is 31.2 Å². The minimum absolute atomic E-state index is 0.453. The lowest BCUT2D eigenvalue weighted by Crippen LogP contribution is -2.23. The lowest BCUT2D eigenvalue weighted by molar-refractivity contribution is 0.547. The van der Waals surface area contributed by atoms with Crippen LogP contribution in [0.1, 0.15) is 44.2 Å². The molecule has 0 aromatic carbocycles. The number of rotatable bonds is 6. The van der Waals surface area contributed by atoms with E-state index in [4.69, 9.17) is 4.42 Å². The van der Waals surface area contributed by atoms with Crippen molar-refractivity contribution in [2.45, 2.75) is 43.9 Å². The van der Waals surface area contributed by atoms with Crippen molar-refractivity contribution in [2.24, 2.45) is 0 Å². The largest absolute Gasteiger partial charge is 0.472 e. The van der Waals surface area contributed by atoms with Crippen LogP contribution in [0, 0.1) is 0 Å². The van der Waals surface area contributed by atoms with E-state index in [2.05, 4.69) is 30.1 Å². The smallest absolute Gasteiger partial charge is 0.0950 e. The van der Waals surface area contributed by atoms with Gasteiger partial charge in [0.2, 0.25) is 0 Å². The van der Waals surface area contributed by atoms with Crippen LogP contribution in [-0.4, -0.2) is 17.5 Å². The summed E-state index contributed by atoms with van der Waals surface area (Å²) in [7, 11) is 0. The second-order valence-electron chi connectivity index (χ2n) is 4.41. The first-order chi connectivity index (χ1) is 7.90. The molecule has 1 N–H and O–H groups in total. The quantitative estimate of drug-likeness (QED) is 0.821. The molecular formula is C13H21NOS. The second kappa shape index (κ2) is 6.36. The summed E-state index contributed by atoms with van der Waals surface area (Å²) in [6.45, 7) is 3.17. The normalized spacial score (nSPS) is 19.1. The van der Waals surface area contributed by atoms with Crippen LogP contribution in [0.5, 0.6) is 0 Å². The molecule has 0 aliphatic heterocycles. The number of hydrogen-bond donors (Lipinski definition) is 1. The van der Waals surface area contributed by atoms with Crippen LogP contribution in [0.25, 0.3) is 0 Å². The van der Waals surface area contributed by atoms with Gasteiger partial charge in [0.1, 0.15) is 0 Å². The zero-order chi connectivity index (χ0) is 11.2. The monoisotopic (exact) mass is 239 g/mol. The summed E-state index contributed by atoms with van der Waals surface area (Å²) in [6.07, 6.45) is 9.30. The molecule has 1 fully saturated rings. The predicted molar refractivity (Wildman–Crippen MR) is 69.8 cm³/mol. The average Bonchev–Trinajstić information content (AvgIpc) is 2.96. The molecule has 90 valence electrons. The van der Waals surface area contributed by atoms with E-state index in [-0.39, 0.29) is 0 Å². The summed E-state index contributed by atoms with van der Waals surface area (Å²) in [4.78, 5) is 0. The van der Waals surface area contributed by atoms with Gasteiger partial charge in [-0.3, -0.25) is 0 Å². The molecule has 1 atom stereocenters. The summed E-state index contributed by atoms with van der Waals surface area (Å²) >= 11 is 2.13. The van der Waals surface area contributed by atoms with Gasteiger partial charge < -0.3 is 9.73 Å². The first kappa shape index (κ1) is 12.1. The highest BCUT2D eigenvalue weighted by atomic mass is 32.2. The molecule has 1 saturated carbocycles. The van der Waals surface area contributed by atoms with E-state index in [1.54, 1.807) is 6.26 Å². The minimum Gasteiger partial charge on any atom is -0.472 e. The molecular weight excluding hydrogens is 218 g/mol. The van der Waals surface area contributed by atoms with Crippen molar-refractivity contribution >= 4 is 11.8 Å². The molecule has 3 heteroatoms.